The maximum absolute atomic E-state index is 11.8. The van der Waals surface area contributed by atoms with Gasteiger partial charge in [0.25, 0.3) is 0 Å². The molecule has 7 heteroatoms. The third-order valence-electron chi connectivity index (χ3n) is 2.48. The Hall–Kier alpha value is -0.920. The molecular weight excluding hydrogens is 252 g/mol. The molecule has 0 aromatic carbocycles. The van der Waals surface area contributed by atoms with E-state index >= 15 is 0 Å². The highest BCUT2D eigenvalue weighted by Crippen LogP contribution is 2.07. The van der Waals surface area contributed by atoms with Crippen LogP contribution in [-0.2, 0) is 10.0 Å². The molecule has 0 saturated carbocycles. The van der Waals surface area contributed by atoms with E-state index in [0.29, 0.717) is 12.2 Å². The largest absolute Gasteiger partial charge is 0.347 e. The van der Waals surface area contributed by atoms with Gasteiger partial charge in [-0.25, -0.2) is 18.1 Å². The summed E-state index contributed by atoms with van der Waals surface area (Å²) in [4.78, 5) is 6.92. The predicted molar refractivity (Wildman–Crippen MR) is 71.7 cm³/mol. The van der Waals surface area contributed by atoms with Crippen molar-refractivity contribution in [3.8, 4) is 0 Å². The van der Waals surface area contributed by atoms with Crippen LogP contribution in [0.5, 0.6) is 0 Å². The lowest BCUT2D eigenvalue weighted by Crippen LogP contribution is -2.31. The lowest BCUT2D eigenvalue weighted by molar-refractivity contribution is 0.555. The summed E-state index contributed by atoms with van der Waals surface area (Å²) in [6.07, 6.45) is 4.95. The van der Waals surface area contributed by atoms with Crippen molar-refractivity contribution in [3.05, 3.63) is 18.2 Å². The molecule has 0 aliphatic rings. The zero-order chi connectivity index (χ0) is 13.4. The molecule has 0 bridgehead atoms. The second-order valence-electron chi connectivity index (χ2n) is 4.24. The van der Waals surface area contributed by atoms with Crippen LogP contribution < -0.4 is 10.0 Å². The molecule has 0 saturated heterocycles. The first kappa shape index (κ1) is 15.1. The Labute approximate surface area is 109 Å². The van der Waals surface area contributed by atoms with E-state index < -0.39 is 10.0 Å². The summed E-state index contributed by atoms with van der Waals surface area (Å²) in [5, 5.41) is 3.18. The van der Waals surface area contributed by atoms with Crippen LogP contribution >= 0.6 is 0 Å². The van der Waals surface area contributed by atoms with Gasteiger partial charge in [0.15, 0.2) is 0 Å². The molecule has 3 N–H and O–H groups in total. The maximum Gasteiger partial charge on any atom is 0.212 e. The minimum atomic E-state index is -3.24. The molecule has 1 rings (SSSR count). The number of aromatic amines is 1. The molecule has 6 nitrogen and oxygen atoms in total. The first-order valence-electron chi connectivity index (χ1n) is 6.25. The summed E-state index contributed by atoms with van der Waals surface area (Å²) in [6.45, 7) is 5.50. The van der Waals surface area contributed by atoms with Crippen molar-refractivity contribution in [2.24, 2.45) is 0 Å². The molecule has 1 unspecified atom stereocenters. The Balaban J connectivity index is 2.31. The molecule has 0 aliphatic carbocycles. The number of imidazole rings is 1. The van der Waals surface area contributed by atoms with Gasteiger partial charge in [0.2, 0.25) is 10.0 Å². The van der Waals surface area contributed by atoms with Crippen LogP contribution in [-0.4, -0.2) is 37.2 Å². The number of sulfonamides is 1. The van der Waals surface area contributed by atoms with Gasteiger partial charge in [-0.1, -0.05) is 6.92 Å². The Bertz CT molecular complexity index is 416. The Morgan fingerprint density at radius 2 is 2.22 bits per heavy atom. The standard InChI is InChI=1S/C11H22N4O2S/c1-3-5-12-6-4-9-18(16,17)15-10(2)11-13-7-8-14-11/h7-8,10,12,15H,3-6,9H2,1-2H3,(H,13,14). The van der Waals surface area contributed by atoms with Crippen molar-refractivity contribution < 1.29 is 8.42 Å². The van der Waals surface area contributed by atoms with E-state index in [0.717, 1.165) is 19.5 Å². The number of hydrogen-bond acceptors (Lipinski definition) is 4. The lowest BCUT2D eigenvalue weighted by atomic mass is 10.3. The van der Waals surface area contributed by atoms with Crippen LogP contribution in [0.3, 0.4) is 0 Å². The van der Waals surface area contributed by atoms with Gasteiger partial charge in [-0.05, 0) is 32.9 Å². The minimum Gasteiger partial charge on any atom is -0.347 e. The number of H-pyrrole nitrogens is 1. The van der Waals surface area contributed by atoms with Gasteiger partial charge in [0.1, 0.15) is 5.82 Å². The molecule has 0 spiro atoms. The van der Waals surface area contributed by atoms with Gasteiger partial charge < -0.3 is 10.3 Å². The van der Waals surface area contributed by atoms with E-state index in [9.17, 15) is 8.42 Å². The summed E-state index contributed by atoms with van der Waals surface area (Å²) < 4.78 is 26.2. The average Bonchev–Trinajstić information content (AvgIpc) is 2.81. The molecule has 18 heavy (non-hydrogen) atoms. The second-order valence-corrected chi connectivity index (χ2v) is 6.11. The first-order valence-corrected chi connectivity index (χ1v) is 7.90. The molecule has 0 amide bonds. The van der Waals surface area contributed by atoms with E-state index in [2.05, 4.69) is 26.9 Å². The SMILES string of the molecule is CCCNCCCS(=O)(=O)NC(C)c1ncc[nH]1. The predicted octanol–water partition coefficient (Wildman–Crippen LogP) is 0.780. The average molecular weight is 274 g/mol. The number of aromatic nitrogens is 2. The van der Waals surface area contributed by atoms with Gasteiger partial charge >= 0.3 is 0 Å². The van der Waals surface area contributed by atoms with Crippen LogP contribution in [0.25, 0.3) is 0 Å². The first-order chi connectivity index (χ1) is 8.55. The number of hydrogen-bond donors (Lipinski definition) is 3. The Morgan fingerprint density at radius 1 is 1.44 bits per heavy atom. The molecule has 0 fully saturated rings. The van der Waals surface area contributed by atoms with Gasteiger partial charge in [0, 0.05) is 12.4 Å². The van der Waals surface area contributed by atoms with Crippen molar-refractivity contribution in [3.63, 3.8) is 0 Å². The Morgan fingerprint density at radius 3 is 2.83 bits per heavy atom. The molecular formula is C11H22N4O2S. The molecule has 104 valence electrons. The van der Waals surface area contributed by atoms with Crippen LogP contribution in [0.15, 0.2) is 12.4 Å². The van der Waals surface area contributed by atoms with E-state index in [1.54, 1.807) is 19.3 Å². The van der Waals surface area contributed by atoms with Crippen LogP contribution in [0.1, 0.15) is 38.6 Å². The minimum absolute atomic E-state index is 0.134. The van der Waals surface area contributed by atoms with Gasteiger partial charge in [-0.15, -0.1) is 0 Å². The summed E-state index contributed by atoms with van der Waals surface area (Å²) in [5.74, 6) is 0.761. The van der Waals surface area contributed by atoms with Gasteiger partial charge in [0.05, 0.1) is 11.8 Å². The normalized spacial score (nSPS) is 13.7. The molecule has 1 aromatic heterocycles. The van der Waals surface area contributed by atoms with Gasteiger partial charge in [-0.3, -0.25) is 0 Å². The molecule has 0 radical (unpaired) electrons. The molecule has 1 atom stereocenters. The fourth-order valence-corrected chi connectivity index (χ4v) is 2.88. The highest BCUT2D eigenvalue weighted by molar-refractivity contribution is 7.89. The Kier molecular flexibility index (Phi) is 6.31. The second kappa shape index (κ2) is 7.50. The van der Waals surface area contributed by atoms with Crippen molar-refractivity contribution in [2.45, 2.75) is 32.7 Å². The summed E-state index contributed by atoms with van der Waals surface area (Å²) >= 11 is 0. The fraction of sp³-hybridized carbons (Fsp3) is 0.727. The third-order valence-corrected chi connectivity index (χ3v) is 4.02. The van der Waals surface area contributed by atoms with Crippen molar-refractivity contribution >= 4 is 10.0 Å². The monoisotopic (exact) mass is 274 g/mol. The van der Waals surface area contributed by atoms with Crippen LogP contribution in [0.2, 0.25) is 0 Å². The zero-order valence-corrected chi connectivity index (χ0v) is 11.8. The number of nitrogens with zero attached hydrogens (tertiary/aromatic N) is 1. The van der Waals surface area contributed by atoms with E-state index in [1.165, 1.54) is 0 Å². The van der Waals surface area contributed by atoms with E-state index in [1.807, 2.05) is 0 Å². The summed E-state index contributed by atoms with van der Waals surface area (Å²) in [6, 6.07) is -0.325. The maximum atomic E-state index is 11.8. The molecule has 1 aromatic rings. The summed E-state index contributed by atoms with van der Waals surface area (Å²) in [7, 11) is -3.24. The van der Waals surface area contributed by atoms with Gasteiger partial charge in [-0.2, -0.15) is 0 Å². The van der Waals surface area contributed by atoms with E-state index in [4.69, 9.17) is 0 Å². The third kappa shape index (κ3) is 5.61. The van der Waals surface area contributed by atoms with Crippen molar-refractivity contribution in [2.75, 3.05) is 18.8 Å². The smallest absolute Gasteiger partial charge is 0.212 e. The highest BCUT2D eigenvalue weighted by atomic mass is 32.2. The fourth-order valence-electron chi connectivity index (χ4n) is 1.59. The zero-order valence-electron chi connectivity index (χ0n) is 10.9. The van der Waals surface area contributed by atoms with E-state index in [-0.39, 0.29) is 11.8 Å². The lowest BCUT2D eigenvalue weighted by Gasteiger charge is -2.12. The molecule has 0 aliphatic heterocycles. The van der Waals surface area contributed by atoms with Crippen molar-refractivity contribution in [1.82, 2.24) is 20.0 Å². The van der Waals surface area contributed by atoms with Crippen LogP contribution in [0, 0.1) is 0 Å². The highest BCUT2D eigenvalue weighted by Gasteiger charge is 2.16. The quantitative estimate of drug-likeness (QED) is 0.581. The number of nitrogens with one attached hydrogen (secondary N) is 3. The number of rotatable bonds is 9. The van der Waals surface area contributed by atoms with Crippen molar-refractivity contribution in [1.29, 1.82) is 0 Å². The van der Waals surface area contributed by atoms with Crippen LogP contribution in [0.4, 0.5) is 0 Å². The summed E-state index contributed by atoms with van der Waals surface area (Å²) in [5.41, 5.74) is 0. The topological polar surface area (TPSA) is 86.9 Å². The molecule has 1 heterocycles.